The van der Waals surface area contributed by atoms with Gasteiger partial charge in [-0.1, -0.05) is 45.7 Å². The molecule has 2 atom stereocenters. The molecule has 20 heavy (non-hydrogen) atoms. The van der Waals surface area contributed by atoms with Crippen LogP contribution in [-0.4, -0.2) is 15.2 Å². The Balaban J connectivity index is 2.22. The third kappa shape index (κ3) is 3.57. The number of carbonyl (C=O) groups is 1. The fraction of sp³-hybridized carbons (Fsp3) is 0.133. The van der Waals surface area contributed by atoms with E-state index in [1.165, 1.54) is 0 Å². The van der Waals surface area contributed by atoms with Gasteiger partial charge in [-0.2, -0.15) is 0 Å². The first-order valence-corrected chi connectivity index (χ1v) is 8.33. The lowest BCUT2D eigenvalue weighted by Gasteiger charge is -2.11. The Bertz CT molecular complexity index is 655. The van der Waals surface area contributed by atoms with Crippen LogP contribution in [0.3, 0.4) is 0 Å². The van der Waals surface area contributed by atoms with Gasteiger partial charge < -0.3 is 0 Å². The Labute approximate surface area is 133 Å². The lowest BCUT2D eigenvalue weighted by molar-refractivity contribution is 0.0992. The largest absolute Gasteiger partial charge is 0.293 e. The topological polar surface area (TPSA) is 34.1 Å². The minimum atomic E-state index is -1.42. The van der Waals surface area contributed by atoms with Gasteiger partial charge >= 0.3 is 0 Å². The van der Waals surface area contributed by atoms with Crippen LogP contribution in [0.25, 0.3) is 0 Å². The van der Waals surface area contributed by atoms with Crippen molar-refractivity contribution < 1.29 is 9.00 Å². The smallest absolute Gasteiger partial charge is 0.178 e. The summed E-state index contributed by atoms with van der Waals surface area (Å²) in [4.78, 5) is 12.9. The van der Waals surface area contributed by atoms with Gasteiger partial charge in [-0.25, -0.2) is 0 Å². The number of halogens is 2. The Kier molecular flexibility index (Phi) is 5.13. The van der Waals surface area contributed by atoms with Crippen molar-refractivity contribution in [3.8, 4) is 0 Å². The molecule has 0 aromatic heterocycles. The maximum Gasteiger partial charge on any atom is 0.178 e. The van der Waals surface area contributed by atoms with Gasteiger partial charge in [-0.15, -0.1) is 0 Å². The van der Waals surface area contributed by atoms with Crippen molar-refractivity contribution in [3.05, 3.63) is 63.6 Å². The van der Waals surface area contributed by atoms with Crippen LogP contribution in [0.1, 0.15) is 17.3 Å². The van der Waals surface area contributed by atoms with Gasteiger partial charge in [0.25, 0.3) is 0 Å². The quantitative estimate of drug-likeness (QED) is 0.743. The lowest BCUT2D eigenvalue weighted by atomic mass is 10.1. The summed E-state index contributed by atoms with van der Waals surface area (Å²) in [5.74, 6) is -0.143. The highest BCUT2D eigenvalue weighted by molar-refractivity contribution is 9.10. The SMILES string of the molecule is CC(C(=O)c1ccc(Br)cc1)S(=O)c1cccc(Cl)c1. The molecule has 5 heteroatoms. The Morgan fingerprint density at radius 3 is 2.45 bits per heavy atom. The number of hydrogen-bond acceptors (Lipinski definition) is 2. The zero-order valence-electron chi connectivity index (χ0n) is 10.7. The second-order valence-electron chi connectivity index (χ2n) is 4.27. The maximum absolute atomic E-state index is 12.4. The molecule has 0 spiro atoms. The second-order valence-corrected chi connectivity index (χ2v) is 7.39. The van der Waals surface area contributed by atoms with Crippen molar-refractivity contribution >= 4 is 44.1 Å². The Morgan fingerprint density at radius 1 is 1.20 bits per heavy atom. The fourth-order valence-corrected chi connectivity index (χ4v) is 3.46. The molecule has 2 aromatic carbocycles. The molecule has 0 fully saturated rings. The van der Waals surface area contributed by atoms with Crippen LogP contribution in [0.2, 0.25) is 5.02 Å². The molecule has 2 aromatic rings. The first-order chi connectivity index (χ1) is 9.49. The van der Waals surface area contributed by atoms with E-state index in [-0.39, 0.29) is 5.78 Å². The van der Waals surface area contributed by atoms with Crippen molar-refractivity contribution in [2.45, 2.75) is 17.1 Å². The summed E-state index contributed by atoms with van der Waals surface area (Å²) in [6, 6.07) is 13.8. The molecule has 2 unspecified atom stereocenters. The summed E-state index contributed by atoms with van der Waals surface area (Å²) in [6.45, 7) is 1.67. The van der Waals surface area contributed by atoms with Crippen molar-refractivity contribution in [1.29, 1.82) is 0 Å². The molecule has 0 saturated heterocycles. The normalized spacial score (nSPS) is 13.8. The molecule has 0 aliphatic carbocycles. The molecular formula is C15H12BrClO2S. The highest BCUT2D eigenvalue weighted by atomic mass is 79.9. The summed E-state index contributed by atoms with van der Waals surface area (Å²) in [5.41, 5.74) is 0.552. The van der Waals surface area contributed by atoms with Crippen LogP contribution < -0.4 is 0 Å². The van der Waals surface area contributed by atoms with E-state index in [0.717, 1.165) is 4.47 Å². The van der Waals surface area contributed by atoms with Gasteiger partial charge in [0.15, 0.2) is 5.78 Å². The second kappa shape index (κ2) is 6.66. The molecule has 0 aliphatic rings. The van der Waals surface area contributed by atoms with Crippen LogP contribution in [0.5, 0.6) is 0 Å². The predicted octanol–water partition coefficient (Wildman–Crippen LogP) is 4.48. The highest BCUT2D eigenvalue weighted by Gasteiger charge is 2.22. The summed E-state index contributed by atoms with van der Waals surface area (Å²) >= 11 is 9.20. The minimum Gasteiger partial charge on any atom is -0.293 e. The van der Waals surface area contributed by atoms with Crippen LogP contribution in [0.4, 0.5) is 0 Å². The third-order valence-corrected chi connectivity index (χ3v) is 5.19. The molecule has 0 heterocycles. The van der Waals surface area contributed by atoms with E-state index in [1.54, 1.807) is 55.5 Å². The van der Waals surface area contributed by atoms with E-state index in [9.17, 15) is 9.00 Å². The van der Waals surface area contributed by atoms with Gasteiger partial charge in [-0.05, 0) is 37.3 Å². The summed E-state index contributed by atoms with van der Waals surface area (Å²) in [7, 11) is -1.42. The molecule has 0 amide bonds. The fourth-order valence-electron chi connectivity index (χ4n) is 1.74. The zero-order chi connectivity index (χ0) is 14.7. The maximum atomic E-state index is 12.4. The van der Waals surface area contributed by atoms with E-state index in [1.807, 2.05) is 0 Å². The standard InChI is InChI=1S/C15H12BrClO2S/c1-10(15(18)11-5-7-12(16)8-6-11)20(19)14-4-2-3-13(17)9-14/h2-10H,1H3. The molecule has 104 valence electrons. The first-order valence-electron chi connectivity index (χ1n) is 5.95. The Morgan fingerprint density at radius 2 is 1.85 bits per heavy atom. The van der Waals surface area contributed by atoms with Crippen molar-refractivity contribution in [2.75, 3.05) is 0 Å². The molecule has 2 nitrogen and oxygen atoms in total. The van der Waals surface area contributed by atoms with E-state index >= 15 is 0 Å². The lowest BCUT2D eigenvalue weighted by Crippen LogP contribution is -2.22. The number of hydrogen-bond donors (Lipinski definition) is 0. The van der Waals surface area contributed by atoms with Crippen molar-refractivity contribution in [3.63, 3.8) is 0 Å². The van der Waals surface area contributed by atoms with Crippen LogP contribution in [0, 0.1) is 0 Å². The number of carbonyl (C=O) groups excluding carboxylic acids is 1. The number of Topliss-reactive ketones (excluding diaryl/α,β-unsaturated/α-hetero) is 1. The van der Waals surface area contributed by atoms with E-state index in [4.69, 9.17) is 11.6 Å². The predicted molar refractivity (Wildman–Crippen MR) is 85.8 cm³/mol. The van der Waals surface area contributed by atoms with Crippen LogP contribution >= 0.6 is 27.5 Å². The van der Waals surface area contributed by atoms with Gasteiger partial charge in [0.2, 0.25) is 0 Å². The first kappa shape index (κ1) is 15.4. The number of ketones is 1. The van der Waals surface area contributed by atoms with Gasteiger partial charge in [-0.3, -0.25) is 9.00 Å². The zero-order valence-corrected chi connectivity index (χ0v) is 13.8. The molecule has 0 saturated carbocycles. The van der Waals surface area contributed by atoms with E-state index < -0.39 is 16.0 Å². The molecule has 2 rings (SSSR count). The number of rotatable bonds is 4. The monoisotopic (exact) mass is 370 g/mol. The molecule has 0 aliphatic heterocycles. The summed E-state index contributed by atoms with van der Waals surface area (Å²) < 4.78 is 13.3. The average molecular weight is 372 g/mol. The molecule has 0 bridgehead atoms. The van der Waals surface area contributed by atoms with E-state index in [0.29, 0.717) is 15.5 Å². The van der Waals surface area contributed by atoms with Crippen molar-refractivity contribution in [2.24, 2.45) is 0 Å². The molecule has 0 N–H and O–H groups in total. The van der Waals surface area contributed by atoms with Gasteiger partial charge in [0, 0.05) is 20.0 Å². The number of benzene rings is 2. The third-order valence-electron chi connectivity index (χ3n) is 2.85. The van der Waals surface area contributed by atoms with Crippen LogP contribution in [0.15, 0.2) is 57.9 Å². The highest BCUT2D eigenvalue weighted by Crippen LogP contribution is 2.19. The van der Waals surface area contributed by atoms with Gasteiger partial charge in [0.1, 0.15) is 0 Å². The average Bonchev–Trinajstić information content (AvgIpc) is 2.46. The summed E-state index contributed by atoms with van der Waals surface area (Å²) in [6.07, 6.45) is 0. The van der Waals surface area contributed by atoms with Crippen LogP contribution in [-0.2, 0) is 10.8 Å². The van der Waals surface area contributed by atoms with E-state index in [2.05, 4.69) is 15.9 Å². The molecule has 0 radical (unpaired) electrons. The minimum absolute atomic E-state index is 0.143. The van der Waals surface area contributed by atoms with Gasteiger partial charge in [0.05, 0.1) is 16.0 Å². The Hall–Kier alpha value is -0.970. The molecular weight excluding hydrogens is 360 g/mol. The van der Waals surface area contributed by atoms with Crippen molar-refractivity contribution in [1.82, 2.24) is 0 Å². The summed E-state index contributed by atoms with van der Waals surface area (Å²) in [5, 5.41) is -0.103.